The summed E-state index contributed by atoms with van der Waals surface area (Å²) in [4.78, 5) is 42.2. The number of ether oxygens (including phenoxy) is 1. The van der Waals surface area contributed by atoms with E-state index in [-0.39, 0.29) is 11.7 Å². The number of hydrogen-bond donors (Lipinski definition) is 1. The Morgan fingerprint density at radius 3 is 2.52 bits per heavy atom. The third-order valence-corrected chi connectivity index (χ3v) is 5.46. The number of nitrogens with one attached hydrogen (secondary N) is 1. The quantitative estimate of drug-likeness (QED) is 0.488. The highest BCUT2D eigenvalue weighted by molar-refractivity contribution is 6.02. The largest absolute Gasteiger partial charge is 0.454 e. The molecule has 3 aromatic rings. The van der Waals surface area contributed by atoms with Crippen molar-refractivity contribution in [3.63, 3.8) is 0 Å². The highest BCUT2D eigenvalue weighted by atomic mass is 16.5. The Bertz CT molecular complexity index is 1120. The zero-order valence-corrected chi connectivity index (χ0v) is 17.6. The molecule has 0 radical (unpaired) electrons. The van der Waals surface area contributed by atoms with Crippen LogP contribution in [0.2, 0.25) is 0 Å². The molecule has 3 heterocycles. The van der Waals surface area contributed by atoms with Crippen molar-refractivity contribution in [1.29, 1.82) is 0 Å². The van der Waals surface area contributed by atoms with Crippen LogP contribution in [0.5, 0.6) is 0 Å². The molecule has 2 aromatic heterocycles. The van der Waals surface area contributed by atoms with Crippen LogP contribution in [0.15, 0.2) is 42.6 Å². The number of esters is 1. The van der Waals surface area contributed by atoms with Crippen LogP contribution in [0.4, 0.5) is 0 Å². The second kappa shape index (κ2) is 8.59. The van der Waals surface area contributed by atoms with Crippen molar-refractivity contribution in [3.8, 4) is 5.69 Å². The van der Waals surface area contributed by atoms with Crippen molar-refractivity contribution in [2.75, 3.05) is 19.7 Å². The van der Waals surface area contributed by atoms with Crippen LogP contribution < -0.4 is 0 Å². The average molecular weight is 420 g/mol. The molecule has 1 amide bonds. The van der Waals surface area contributed by atoms with E-state index in [2.05, 4.69) is 10.1 Å². The summed E-state index contributed by atoms with van der Waals surface area (Å²) in [6, 6.07) is 11.0. The second-order valence-corrected chi connectivity index (χ2v) is 7.59. The van der Waals surface area contributed by atoms with Crippen LogP contribution in [-0.2, 0) is 4.74 Å². The maximum Gasteiger partial charge on any atom is 0.342 e. The number of rotatable bonds is 6. The number of benzene rings is 1. The van der Waals surface area contributed by atoms with Crippen LogP contribution in [0.1, 0.15) is 55.4 Å². The zero-order chi connectivity index (χ0) is 22.0. The molecular weight excluding hydrogens is 396 g/mol. The first-order valence-electron chi connectivity index (χ1n) is 10.3. The molecule has 8 nitrogen and oxygen atoms in total. The molecule has 1 aliphatic heterocycles. The number of carbonyl (C=O) groups excluding carboxylic acids is 3. The molecule has 31 heavy (non-hydrogen) atoms. The number of hydrogen-bond acceptors (Lipinski definition) is 5. The first-order chi connectivity index (χ1) is 15.0. The number of carbonyl (C=O) groups is 3. The summed E-state index contributed by atoms with van der Waals surface area (Å²) in [7, 11) is 0. The van der Waals surface area contributed by atoms with Gasteiger partial charge >= 0.3 is 5.97 Å². The zero-order valence-electron chi connectivity index (χ0n) is 17.6. The normalized spacial score (nSPS) is 13.4. The third kappa shape index (κ3) is 4.14. The monoisotopic (exact) mass is 420 g/mol. The molecule has 4 rings (SSSR count). The lowest BCUT2D eigenvalue weighted by atomic mass is 10.2. The van der Waals surface area contributed by atoms with Crippen molar-refractivity contribution < 1.29 is 19.1 Å². The fraction of sp³-hybridized carbons (Fsp3) is 0.304. The Morgan fingerprint density at radius 1 is 1.10 bits per heavy atom. The maximum absolute atomic E-state index is 12.7. The van der Waals surface area contributed by atoms with Gasteiger partial charge in [0.05, 0.1) is 17.1 Å². The van der Waals surface area contributed by atoms with E-state index in [1.54, 1.807) is 23.4 Å². The number of aromatic amines is 1. The van der Waals surface area contributed by atoms with Crippen molar-refractivity contribution in [2.24, 2.45) is 0 Å². The summed E-state index contributed by atoms with van der Waals surface area (Å²) in [5, 5.41) is 4.43. The standard InChI is InChI=1S/C23H24N4O4/c1-15-21(16(2)27(25-15)18-8-4-3-5-9-18)23(30)31-14-20(28)17-12-19(24-13-17)22(29)26-10-6-7-11-26/h3-5,8-9,12-13,24H,6-7,10-11,14H2,1-2H3. The Hall–Kier alpha value is -3.68. The number of ketones is 1. The third-order valence-electron chi connectivity index (χ3n) is 5.46. The van der Waals surface area contributed by atoms with Gasteiger partial charge in [-0.3, -0.25) is 9.59 Å². The minimum Gasteiger partial charge on any atom is -0.454 e. The number of Topliss-reactive ketones (excluding diaryl/α,β-unsaturated/α-hetero) is 1. The number of aromatic nitrogens is 3. The fourth-order valence-electron chi connectivity index (χ4n) is 3.81. The smallest absolute Gasteiger partial charge is 0.342 e. The molecule has 1 aromatic carbocycles. The van der Waals surface area contributed by atoms with Crippen LogP contribution in [-0.4, -0.2) is 57.0 Å². The van der Waals surface area contributed by atoms with Gasteiger partial charge < -0.3 is 14.6 Å². The molecule has 8 heteroatoms. The van der Waals surface area contributed by atoms with Crippen molar-refractivity contribution in [1.82, 2.24) is 19.7 Å². The molecule has 1 fully saturated rings. The predicted molar refractivity (Wildman–Crippen MR) is 114 cm³/mol. The predicted octanol–water partition coefficient (Wildman–Crippen LogP) is 3.09. The van der Waals surface area contributed by atoms with Gasteiger partial charge in [-0.1, -0.05) is 18.2 Å². The molecule has 1 N–H and O–H groups in total. The lowest BCUT2D eigenvalue weighted by Gasteiger charge is -2.13. The summed E-state index contributed by atoms with van der Waals surface area (Å²) >= 11 is 0. The SMILES string of the molecule is Cc1nn(-c2ccccc2)c(C)c1C(=O)OCC(=O)c1c[nH]c(C(=O)N2CCCC2)c1. The topological polar surface area (TPSA) is 97.3 Å². The molecular formula is C23H24N4O4. The highest BCUT2D eigenvalue weighted by Crippen LogP contribution is 2.19. The van der Waals surface area contributed by atoms with Crippen LogP contribution >= 0.6 is 0 Å². The highest BCUT2D eigenvalue weighted by Gasteiger charge is 2.24. The molecule has 0 unspecified atom stereocenters. The van der Waals surface area contributed by atoms with E-state index in [9.17, 15) is 14.4 Å². The van der Waals surface area contributed by atoms with Crippen molar-refractivity contribution in [2.45, 2.75) is 26.7 Å². The Kier molecular flexibility index (Phi) is 5.70. The molecule has 0 spiro atoms. The molecule has 1 saturated heterocycles. The van der Waals surface area contributed by atoms with E-state index in [0.29, 0.717) is 28.2 Å². The number of nitrogens with zero attached hydrogens (tertiary/aromatic N) is 3. The maximum atomic E-state index is 12.7. The van der Waals surface area contributed by atoms with Gasteiger partial charge in [0.15, 0.2) is 6.61 Å². The number of likely N-dealkylation sites (tertiary alicyclic amines) is 1. The molecule has 160 valence electrons. The summed E-state index contributed by atoms with van der Waals surface area (Å²) in [6.45, 7) is 4.56. The van der Waals surface area contributed by atoms with E-state index in [1.807, 2.05) is 30.3 Å². The van der Waals surface area contributed by atoms with E-state index in [4.69, 9.17) is 4.74 Å². The van der Waals surface area contributed by atoms with Crippen molar-refractivity contribution >= 4 is 17.7 Å². The van der Waals surface area contributed by atoms with E-state index in [0.717, 1.165) is 31.6 Å². The van der Waals surface area contributed by atoms with Gasteiger partial charge in [-0.15, -0.1) is 0 Å². The first-order valence-corrected chi connectivity index (χ1v) is 10.3. The summed E-state index contributed by atoms with van der Waals surface area (Å²) in [5.41, 5.74) is 3.02. The lowest BCUT2D eigenvalue weighted by molar-refractivity contribution is 0.0473. The fourth-order valence-corrected chi connectivity index (χ4v) is 3.81. The second-order valence-electron chi connectivity index (χ2n) is 7.59. The van der Waals surface area contributed by atoms with Gasteiger partial charge in [0.1, 0.15) is 11.3 Å². The van der Waals surface area contributed by atoms with Gasteiger partial charge in [0, 0.05) is 24.8 Å². The van der Waals surface area contributed by atoms with Gasteiger partial charge in [0.2, 0.25) is 5.78 Å². The molecule has 0 bridgehead atoms. The number of aryl methyl sites for hydroxylation is 1. The molecule has 0 aliphatic carbocycles. The number of para-hydroxylation sites is 1. The molecule has 0 atom stereocenters. The van der Waals surface area contributed by atoms with E-state index < -0.39 is 12.6 Å². The summed E-state index contributed by atoms with van der Waals surface area (Å²) in [6.07, 6.45) is 3.46. The Balaban J connectivity index is 1.42. The molecule has 1 aliphatic rings. The first kappa shape index (κ1) is 20.6. The van der Waals surface area contributed by atoms with Gasteiger partial charge in [-0.05, 0) is 44.9 Å². The minimum atomic E-state index is -0.602. The summed E-state index contributed by atoms with van der Waals surface area (Å²) in [5.74, 6) is -1.10. The number of amides is 1. The van der Waals surface area contributed by atoms with Gasteiger partial charge in [-0.25, -0.2) is 9.48 Å². The Labute approximate surface area is 179 Å². The van der Waals surface area contributed by atoms with E-state index in [1.165, 1.54) is 12.3 Å². The van der Waals surface area contributed by atoms with Crippen LogP contribution in [0.25, 0.3) is 5.69 Å². The van der Waals surface area contributed by atoms with Crippen LogP contribution in [0.3, 0.4) is 0 Å². The van der Waals surface area contributed by atoms with Gasteiger partial charge in [-0.2, -0.15) is 5.10 Å². The average Bonchev–Trinajstić information content (AvgIpc) is 3.53. The summed E-state index contributed by atoms with van der Waals surface area (Å²) < 4.78 is 6.95. The van der Waals surface area contributed by atoms with Crippen molar-refractivity contribution in [3.05, 3.63) is 70.8 Å². The van der Waals surface area contributed by atoms with Crippen LogP contribution in [0, 0.1) is 13.8 Å². The van der Waals surface area contributed by atoms with E-state index >= 15 is 0 Å². The Morgan fingerprint density at radius 2 is 1.81 bits per heavy atom. The lowest BCUT2D eigenvalue weighted by Crippen LogP contribution is -2.27. The van der Waals surface area contributed by atoms with Gasteiger partial charge in [0.25, 0.3) is 5.91 Å². The minimum absolute atomic E-state index is 0.117. The molecule has 0 saturated carbocycles. The number of H-pyrrole nitrogens is 1.